The highest BCUT2D eigenvalue weighted by molar-refractivity contribution is 7.89. The molecule has 0 amide bonds. The Morgan fingerprint density at radius 3 is 2.27 bits per heavy atom. The number of hydrogen-bond donors (Lipinski definition) is 1. The number of nitrogens with zero attached hydrogens (tertiary/aromatic N) is 5. The van der Waals surface area contributed by atoms with Gasteiger partial charge in [-0.3, -0.25) is 9.67 Å². The van der Waals surface area contributed by atoms with Gasteiger partial charge in [0, 0.05) is 47.1 Å². The first-order valence-electron chi connectivity index (χ1n) is 12.8. The van der Waals surface area contributed by atoms with Gasteiger partial charge in [0.15, 0.2) is 9.84 Å². The van der Waals surface area contributed by atoms with Crippen LogP contribution in [0.2, 0.25) is 0 Å². The van der Waals surface area contributed by atoms with Gasteiger partial charge in [-0.1, -0.05) is 5.16 Å². The molecule has 0 radical (unpaired) electrons. The second-order valence-electron chi connectivity index (χ2n) is 9.52. The third kappa shape index (κ3) is 5.40. The maximum absolute atomic E-state index is 11.9. The number of fused-ring (bicyclic) bond motifs is 1. The van der Waals surface area contributed by atoms with Crippen molar-refractivity contribution in [2.45, 2.75) is 33.6 Å². The third-order valence-corrected chi connectivity index (χ3v) is 7.13. The van der Waals surface area contributed by atoms with Crippen LogP contribution in [-0.2, 0) is 15.7 Å². The van der Waals surface area contributed by atoms with Gasteiger partial charge >= 0.3 is 5.97 Å². The summed E-state index contributed by atoms with van der Waals surface area (Å²) in [6.07, 6.45) is 7.92. The van der Waals surface area contributed by atoms with Crippen molar-refractivity contribution < 1.29 is 32.3 Å². The second kappa shape index (κ2) is 10.7. The number of aromatic nitrogens is 5. The maximum atomic E-state index is 11.9. The molecule has 12 nitrogen and oxygen atoms in total. The molecule has 4 aromatic heterocycles. The van der Waals surface area contributed by atoms with Gasteiger partial charge in [0.05, 0.1) is 41.7 Å². The molecule has 5 rings (SSSR count). The summed E-state index contributed by atoms with van der Waals surface area (Å²) in [7, 11) is -3.32. The Hall–Kier alpha value is -4.65. The van der Waals surface area contributed by atoms with Gasteiger partial charge in [-0.25, -0.2) is 13.2 Å². The number of ether oxygens (including phenoxy) is 2. The zero-order valence-electron chi connectivity index (χ0n) is 23.2. The van der Waals surface area contributed by atoms with Crippen molar-refractivity contribution in [1.82, 2.24) is 24.5 Å². The monoisotopic (exact) mass is 579 g/mol. The van der Waals surface area contributed by atoms with Crippen LogP contribution in [0.1, 0.15) is 35.7 Å². The van der Waals surface area contributed by atoms with Gasteiger partial charge in [-0.15, -0.1) is 0 Å². The molecule has 0 spiro atoms. The summed E-state index contributed by atoms with van der Waals surface area (Å²) in [5, 5.41) is 18.1. The first-order chi connectivity index (χ1) is 19.5. The fraction of sp³-hybridized carbons (Fsp3) is 0.286. The van der Waals surface area contributed by atoms with E-state index in [-0.39, 0.29) is 24.7 Å². The first kappa shape index (κ1) is 27.9. The molecule has 0 bridgehead atoms. The van der Waals surface area contributed by atoms with E-state index in [9.17, 15) is 18.3 Å². The average molecular weight is 580 g/mol. The average Bonchev–Trinajstić information content (AvgIpc) is 3.60. The smallest absolute Gasteiger partial charge is 0.335 e. The number of rotatable bonds is 10. The lowest BCUT2D eigenvalue weighted by molar-refractivity contribution is 0.0695. The highest BCUT2D eigenvalue weighted by Crippen LogP contribution is 2.41. The summed E-state index contributed by atoms with van der Waals surface area (Å²) in [5.41, 5.74) is 5.40. The number of aryl methyl sites for hydroxylation is 2. The van der Waals surface area contributed by atoms with E-state index in [1.54, 1.807) is 18.6 Å². The van der Waals surface area contributed by atoms with Crippen LogP contribution >= 0.6 is 0 Å². The lowest BCUT2D eigenvalue weighted by atomic mass is 10.1. The molecule has 214 valence electrons. The van der Waals surface area contributed by atoms with Gasteiger partial charge < -0.3 is 23.7 Å². The van der Waals surface area contributed by atoms with Crippen molar-refractivity contribution in [3.8, 4) is 39.4 Å². The lowest BCUT2D eigenvalue weighted by Crippen LogP contribution is -2.08. The predicted molar refractivity (Wildman–Crippen MR) is 151 cm³/mol. The van der Waals surface area contributed by atoms with E-state index in [1.807, 2.05) is 44.5 Å². The van der Waals surface area contributed by atoms with Crippen molar-refractivity contribution >= 4 is 26.8 Å². The van der Waals surface area contributed by atoms with Crippen LogP contribution in [0.5, 0.6) is 11.5 Å². The van der Waals surface area contributed by atoms with Crippen molar-refractivity contribution in [2.75, 3.05) is 19.5 Å². The molecule has 0 aliphatic heterocycles. The van der Waals surface area contributed by atoms with Crippen LogP contribution < -0.4 is 9.47 Å². The molecule has 0 aliphatic carbocycles. The Morgan fingerprint density at radius 1 is 1.02 bits per heavy atom. The summed E-state index contributed by atoms with van der Waals surface area (Å²) >= 11 is 0. The van der Waals surface area contributed by atoms with Gasteiger partial charge in [0.1, 0.15) is 28.8 Å². The summed E-state index contributed by atoms with van der Waals surface area (Å²) in [6.45, 7) is 7.87. The number of pyridine rings is 1. The Balaban J connectivity index is 1.82. The van der Waals surface area contributed by atoms with E-state index in [4.69, 9.17) is 19.0 Å². The molecular formula is C28H29N5O7S. The molecule has 1 N–H and O–H groups in total. The molecule has 0 fully saturated rings. The van der Waals surface area contributed by atoms with Crippen molar-refractivity contribution in [2.24, 2.45) is 0 Å². The minimum Gasteiger partial charge on any atom is -0.492 e. The van der Waals surface area contributed by atoms with Crippen molar-refractivity contribution in [1.29, 1.82) is 0 Å². The van der Waals surface area contributed by atoms with Gasteiger partial charge in [0.25, 0.3) is 0 Å². The van der Waals surface area contributed by atoms with E-state index < -0.39 is 15.8 Å². The number of sulfone groups is 1. The zero-order valence-corrected chi connectivity index (χ0v) is 24.0. The largest absolute Gasteiger partial charge is 0.492 e. The standard InChI is InChI=1S/C28H29N5O7S/c1-6-38-23-9-18(28(34)35)10-24(39-7-2)27(23)33-14-21(20-12-30-32(13-20)15-41(5,36)37)26-22(33)8-19(11-29-26)25-16(3)31-40-17(25)4/h8-14H,6-7,15H2,1-5H3,(H,34,35). The Morgan fingerprint density at radius 2 is 1.71 bits per heavy atom. The van der Waals surface area contributed by atoms with E-state index in [0.717, 1.165) is 17.4 Å². The summed E-state index contributed by atoms with van der Waals surface area (Å²) in [5.74, 6) is -0.115. The molecule has 0 unspecified atom stereocenters. The van der Waals surface area contributed by atoms with Gasteiger partial charge in [0.2, 0.25) is 0 Å². The maximum Gasteiger partial charge on any atom is 0.335 e. The number of carboxylic acid groups (broad SMARTS) is 1. The Bertz CT molecular complexity index is 1840. The lowest BCUT2D eigenvalue weighted by Gasteiger charge is -2.18. The molecule has 0 aliphatic rings. The molecule has 13 heteroatoms. The van der Waals surface area contributed by atoms with Gasteiger partial charge in [-0.2, -0.15) is 5.10 Å². The third-order valence-electron chi connectivity index (χ3n) is 6.40. The molecule has 41 heavy (non-hydrogen) atoms. The minimum atomic E-state index is -3.32. The SMILES string of the molecule is CCOc1cc(C(=O)O)cc(OCC)c1-n1cc(-c2cnn(CS(C)(=O)=O)c2)c2ncc(-c3c(C)noc3C)cc21. The van der Waals surface area contributed by atoms with Crippen LogP contribution in [-0.4, -0.2) is 63.5 Å². The number of aromatic carboxylic acids is 1. The van der Waals surface area contributed by atoms with Crippen LogP contribution in [0.3, 0.4) is 0 Å². The molecule has 0 saturated heterocycles. The van der Waals surface area contributed by atoms with E-state index >= 15 is 0 Å². The molecule has 1 aromatic carbocycles. The topological polar surface area (TPSA) is 152 Å². The highest BCUT2D eigenvalue weighted by atomic mass is 32.2. The molecule has 4 heterocycles. The number of carboxylic acids is 1. The normalized spacial score (nSPS) is 11.7. The number of hydrogen-bond acceptors (Lipinski definition) is 9. The van der Waals surface area contributed by atoms with Crippen LogP contribution in [0.25, 0.3) is 39.0 Å². The summed E-state index contributed by atoms with van der Waals surface area (Å²) in [4.78, 5) is 16.7. The van der Waals surface area contributed by atoms with E-state index in [0.29, 0.717) is 50.8 Å². The van der Waals surface area contributed by atoms with Crippen LogP contribution in [0, 0.1) is 13.8 Å². The molecule has 5 aromatic rings. The van der Waals surface area contributed by atoms with E-state index in [1.165, 1.54) is 16.8 Å². The van der Waals surface area contributed by atoms with Crippen molar-refractivity contribution in [3.05, 3.63) is 60.0 Å². The van der Waals surface area contributed by atoms with Gasteiger partial charge in [-0.05, 0) is 45.9 Å². The predicted octanol–water partition coefficient (Wildman–Crippen LogP) is 4.66. The van der Waals surface area contributed by atoms with Crippen LogP contribution in [0.4, 0.5) is 0 Å². The molecular weight excluding hydrogens is 550 g/mol. The van der Waals surface area contributed by atoms with Crippen LogP contribution in [0.15, 0.2) is 47.5 Å². The highest BCUT2D eigenvalue weighted by Gasteiger charge is 2.24. The fourth-order valence-corrected chi connectivity index (χ4v) is 5.44. The molecule has 0 saturated carbocycles. The summed E-state index contributed by atoms with van der Waals surface area (Å²) < 4.78 is 44.2. The molecule has 0 atom stereocenters. The first-order valence-corrected chi connectivity index (χ1v) is 14.9. The zero-order chi connectivity index (χ0) is 29.5. The number of benzene rings is 1. The van der Waals surface area contributed by atoms with Crippen molar-refractivity contribution in [3.63, 3.8) is 0 Å². The minimum absolute atomic E-state index is 0.0221. The second-order valence-corrected chi connectivity index (χ2v) is 11.6. The Labute approximate surface area is 236 Å². The quantitative estimate of drug-likeness (QED) is 0.247. The fourth-order valence-electron chi connectivity index (χ4n) is 4.82. The number of carbonyl (C=O) groups is 1. The summed E-state index contributed by atoms with van der Waals surface area (Å²) in [6, 6.07) is 4.87. The van der Waals surface area contributed by atoms with E-state index in [2.05, 4.69) is 10.3 Å². The Kier molecular flexibility index (Phi) is 7.30.